The number of rotatable bonds is 4. The van der Waals surface area contributed by atoms with Gasteiger partial charge in [0.25, 0.3) is 5.91 Å². The fourth-order valence-corrected chi connectivity index (χ4v) is 3.57. The topological polar surface area (TPSA) is 69.7 Å². The number of aryl methyl sites for hydroxylation is 1. The number of imide groups is 1. The van der Waals surface area contributed by atoms with Crippen molar-refractivity contribution in [3.63, 3.8) is 0 Å². The molecular weight excluding hydrogens is 318 g/mol. The van der Waals surface area contributed by atoms with Crippen molar-refractivity contribution in [1.29, 1.82) is 0 Å². The molecule has 1 atom stereocenters. The number of benzene rings is 1. The van der Waals surface area contributed by atoms with Crippen LogP contribution < -0.4 is 10.2 Å². The minimum absolute atomic E-state index is 0.166. The summed E-state index contributed by atoms with van der Waals surface area (Å²) in [4.78, 5) is 40.0. The molecule has 1 aliphatic carbocycles. The van der Waals surface area contributed by atoms with Crippen LogP contribution in [0.5, 0.6) is 0 Å². The molecule has 0 radical (unpaired) electrons. The van der Waals surface area contributed by atoms with Gasteiger partial charge >= 0.3 is 6.03 Å². The standard InChI is InChI=1S/C19H25N3O3/c1-13-8-10-16(11-9-13)22-14(2)18(24)21(19(22)25)12-17(23)20-15-6-4-3-5-7-15/h8-11,14-15H,3-7,12H2,1-2H3,(H,20,23)/t14-/m1/s1. The van der Waals surface area contributed by atoms with Gasteiger partial charge in [-0.3, -0.25) is 19.4 Å². The Morgan fingerprint density at radius 3 is 2.40 bits per heavy atom. The van der Waals surface area contributed by atoms with Gasteiger partial charge in [-0.2, -0.15) is 0 Å². The van der Waals surface area contributed by atoms with Gasteiger partial charge in [0.15, 0.2) is 0 Å². The monoisotopic (exact) mass is 343 g/mol. The van der Waals surface area contributed by atoms with Crippen molar-refractivity contribution < 1.29 is 14.4 Å². The molecule has 1 aliphatic heterocycles. The molecule has 0 aromatic heterocycles. The summed E-state index contributed by atoms with van der Waals surface area (Å²) < 4.78 is 0. The van der Waals surface area contributed by atoms with Crippen molar-refractivity contribution >= 4 is 23.5 Å². The van der Waals surface area contributed by atoms with Crippen LogP contribution in [0.25, 0.3) is 0 Å². The lowest BCUT2D eigenvalue weighted by Crippen LogP contribution is -2.45. The van der Waals surface area contributed by atoms with Gasteiger partial charge in [0.1, 0.15) is 12.6 Å². The minimum Gasteiger partial charge on any atom is -0.352 e. The zero-order valence-corrected chi connectivity index (χ0v) is 14.8. The maximum absolute atomic E-state index is 12.7. The maximum atomic E-state index is 12.7. The summed E-state index contributed by atoms with van der Waals surface area (Å²) in [5, 5.41) is 2.96. The molecule has 134 valence electrons. The molecule has 1 aromatic rings. The van der Waals surface area contributed by atoms with E-state index in [9.17, 15) is 14.4 Å². The lowest BCUT2D eigenvalue weighted by atomic mass is 9.95. The van der Waals surface area contributed by atoms with Crippen LogP contribution in [-0.2, 0) is 9.59 Å². The minimum atomic E-state index is -0.599. The number of urea groups is 1. The average Bonchev–Trinajstić information content (AvgIpc) is 2.80. The number of nitrogens with zero attached hydrogens (tertiary/aromatic N) is 2. The van der Waals surface area contributed by atoms with Gasteiger partial charge in [0.2, 0.25) is 5.91 Å². The van der Waals surface area contributed by atoms with Crippen molar-refractivity contribution in [3.8, 4) is 0 Å². The highest BCUT2D eigenvalue weighted by atomic mass is 16.2. The van der Waals surface area contributed by atoms with Crippen LogP contribution in [0.1, 0.15) is 44.6 Å². The van der Waals surface area contributed by atoms with Gasteiger partial charge in [-0.15, -0.1) is 0 Å². The quantitative estimate of drug-likeness (QED) is 0.854. The summed E-state index contributed by atoms with van der Waals surface area (Å²) in [5.41, 5.74) is 1.75. The third-order valence-electron chi connectivity index (χ3n) is 5.03. The molecule has 6 nitrogen and oxygen atoms in total. The van der Waals surface area contributed by atoms with E-state index in [-0.39, 0.29) is 24.4 Å². The molecule has 0 unspecified atom stereocenters. The summed E-state index contributed by atoms with van der Waals surface area (Å²) in [6.45, 7) is 3.45. The highest BCUT2D eigenvalue weighted by molar-refractivity contribution is 6.15. The Labute approximate surface area is 148 Å². The van der Waals surface area contributed by atoms with Crippen LogP contribution in [0.15, 0.2) is 24.3 Å². The van der Waals surface area contributed by atoms with Gasteiger partial charge < -0.3 is 5.32 Å². The summed E-state index contributed by atoms with van der Waals surface area (Å²) in [6, 6.07) is 6.58. The number of carbonyl (C=O) groups excluding carboxylic acids is 3. The Morgan fingerprint density at radius 2 is 1.76 bits per heavy atom. The molecule has 0 spiro atoms. The van der Waals surface area contributed by atoms with Crippen molar-refractivity contribution in [2.24, 2.45) is 0 Å². The predicted molar refractivity (Wildman–Crippen MR) is 95.2 cm³/mol. The molecular formula is C19H25N3O3. The third kappa shape index (κ3) is 3.67. The van der Waals surface area contributed by atoms with E-state index in [1.807, 2.05) is 31.2 Å². The molecule has 1 heterocycles. The SMILES string of the molecule is Cc1ccc(N2C(=O)N(CC(=O)NC3CCCCC3)C(=O)[C@H]2C)cc1. The average molecular weight is 343 g/mol. The van der Waals surface area contributed by atoms with E-state index in [1.165, 1.54) is 11.3 Å². The first-order valence-corrected chi connectivity index (χ1v) is 8.98. The van der Waals surface area contributed by atoms with Gasteiger partial charge in [0.05, 0.1) is 0 Å². The molecule has 1 N–H and O–H groups in total. The summed E-state index contributed by atoms with van der Waals surface area (Å²) in [6.07, 6.45) is 5.38. The number of hydrogen-bond acceptors (Lipinski definition) is 3. The van der Waals surface area contributed by atoms with Crippen molar-refractivity contribution in [1.82, 2.24) is 10.2 Å². The van der Waals surface area contributed by atoms with Crippen LogP contribution in [0, 0.1) is 6.92 Å². The lowest BCUT2D eigenvalue weighted by Gasteiger charge is -2.24. The molecule has 2 fully saturated rings. The zero-order chi connectivity index (χ0) is 18.0. The highest BCUT2D eigenvalue weighted by Crippen LogP contribution is 2.26. The molecule has 1 aromatic carbocycles. The Bertz CT molecular complexity index is 665. The van der Waals surface area contributed by atoms with E-state index >= 15 is 0 Å². The van der Waals surface area contributed by atoms with Crippen LogP contribution in [0.3, 0.4) is 0 Å². The van der Waals surface area contributed by atoms with Crippen LogP contribution in [0.4, 0.5) is 10.5 Å². The molecule has 25 heavy (non-hydrogen) atoms. The first-order valence-electron chi connectivity index (χ1n) is 8.98. The first-order chi connectivity index (χ1) is 12.0. The Hall–Kier alpha value is -2.37. The summed E-state index contributed by atoms with van der Waals surface area (Å²) in [5.74, 6) is -0.587. The smallest absolute Gasteiger partial charge is 0.332 e. The molecule has 4 amide bonds. The molecule has 2 aliphatic rings. The van der Waals surface area contributed by atoms with E-state index in [1.54, 1.807) is 6.92 Å². The zero-order valence-electron chi connectivity index (χ0n) is 14.8. The van der Waals surface area contributed by atoms with E-state index in [0.29, 0.717) is 5.69 Å². The molecule has 0 bridgehead atoms. The number of anilines is 1. The second-order valence-electron chi connectivity index (χ2n) is 6.99. The molecule has 6 heteroatoms. The Balaban J connectivity index is 1.67. The van der Waals surface area contributed by atoms with E-state index in [2.05, 4.69) is 5.32 Å². The van der Waals surface area contributed by atoms with Gasteiger partial charge in [-0.1, -0.05) is 37.0 Å². The van der Waals surface area contributed by atoms with Gasteiger partial charge in [-0.25, -0.2) is 4.79 Å². The van der Waals surface area contributed by atoms with Gasteiger partial charge in [-0.05, 0) is 38.8 Å². The second kappa shape index (κ2) is 7.25. The van der Waals surface area contributed by atoms with E-state index < -0.39 is 12.1 Å². The molecule has 1 saturated heterocycles. The first kappa shape index (κ1) is 17.5. The number of nitrogens with one attached hydrogen (secondary N) is 1. The maximum Gasteiger partial charge on any atom is 0.332 e. The van der Waals surface area contributed by atoms with Gasteiger partial charge in [0, 0.05) is 11.7 Å². The molecule has 1 saturated carbocycles. The lowest BCUT2D eigenvalue weighted by molar-refractivity contribution is -0.132. The van der Waals surface area contributed by atoms with Crippen molar-refractivity contribution in [2.75, 3.05) is 11.4 Å². The Kier molecular flexibility index (Phi) is 5.06. The van der Waals surface area contributed by atoms with Crippen LogP contribution in [-0.4, -0.2) is 41.4 Å². The van der Waals surface area contributed by atoms with Crippen molar-refractivity contribution in [3.05, 3.63) is 29.8 Å². The van der Waals surface area contributed by atoms with Crippen LogP contribution >= 0.6 is 0 Å². The third-order valence-corrected chi connectivity index (χ3v) is 5.03. The second-order valence-corrected chi connectivity index (χ2v) is 6.99. The highest BCUT2D eigenvalue weighted by Gasteiger charge is 2.44. The predicted octanol–water partition coefficient (Wildman–Crippen LogP) is 2.60. The normalized spacial score (nSPS) is 21.8. The number of hydrogen-bond donors (Lipinski definition) is 1. The van der Waals surface area contributed by atoms with E-state index in [0.717, 1.165) is 36.1 Å². The van der Waals surface area contributed by atoms with Crippen LogP contribution in [0.2, 0.25) is 0 Å². The van der Waals surface area contributed by atoms with Crippen molar-refractivity contribution in [2.45, 2.75) is 58.0 Å². The largest absolute Gasteiger partial charge is 0.352 e. The number of carbonyl (C=O) groups is 3. The fourth-order valence-electron chi connectivity index (χ4n) is 3.57. The summed E-state index contributed by atoms with van der Waals surface area (Å²) >= 11 is 0. The Morgan fingerprint density at radius 1 is 1.12 bits per heavy atom. The van der Waals surface area contributed by atoms with E-state index in [4.69, 9.17) is 0 Å². The fraction of sp³-hybridized carbons (Fsp3) is 0.526. The number of amides is 4. The molecule has 3 rings (SSSR count). The summed E-state index contributed by atoms with van der Waals surface area (Å²) in [7, 11) is 0.